The van der Waals surface area contributed by atoms with Gasteiger partial charge in [-0.3, -0.25) is 0 Å². The Bertz CT molecular complexity index is 1520. The lowest BCUT2D eigenvalue weighted by molar-refractivity contribution is 0.346. The van der Waals surface area contributed by atoms with Gasteiger partial charge in [0.2, 0.25) is 15.2 Å². The summed E-state index contributed by atoms with van der Waals surface area (Å²) in [7, 11) is -3.47. The van der Waals surface area contributed by atoms with E-state index >= 15 is 0 Å². The van der Waals surface area contributed by atoms with E-state index in [4.69, 9.17) is 10.1 Å². The smallest absolute Gasteiger partial charge is 0.231 e. The first-order chi connectivity index (χ1) is 18.0. The number of anilines is 1. The molecule has 38 heavy (non-hydrogen) atoms. The van der Waals surface area contributed by atoms with Gasteiger partial charge in [-0.15, -0.1) is 39.7 Å². The van der Waals surface area contributed by atoms with Crippen LogP contribution >= 0.6 is 39.7 Å². The summed E-state index contributed by atoms with van der Waals surface area (Å²) in [4.78, 5) is 6.28. The number of sulfonamides is 1. The predicted octanol–water partition coefficient (Wildman–Crippen LogP) is 7.12. The fourth-order valence-electron chi connectivity index (χ4n) is 4.78. The van der Waals surface area contributed by atoms with E-state index in [-0.39, 0.29) is 28.8 Å². The van der Waals surface area contributed by atoms with Crippen molar-refractivity contribution in [1.29, 1.82) is 0 Å². The number of rotatable bonds is 6. The van der Waals surface area contributed by atoms with E-state index in [0.29, 0.717) is 24.4 Å². The fraction of sp³-hybridized carbons (Fsp3) is 0.259. The highest BCUT2D eigenvalue weighted by atomic mass is 79.9. The van der Waals surface area contributed by atoms with Crippen molar-refractivity contribution in [2.75, 3.05) is 18.1 Å². The molecule has 0 radical (unpaired) electrons. The molecule has 0 amide bonds. The van der Waals surface area contributed by atoms with Gasteiger partial charge in [-0.2, -0.15) is 9.41 Å². The van der Waals surface area contributed by atoms with E-state index in [1.54, 1.807) is 39.9 Å². The first kappa shape index (κ1) is 27.1. The molecular formula is C27H26BrFN4O2S3. The monoisotopic (exact) mass is 632 g/mol. The first-order valence-electron chi connectivity index (χ1n) is 12.2. The van der Waals surface area contributed by atoms with Crippen LogP contribution < -0.4 is 5.01 Å². The molecular weight excluding hydrogens is 607 g/mol. The molecule has 1 fully saturated rings. The highest BCUT2D eigenvalue weighted by molar-refractivity contribution is 8.93. The van der Waals surface area contributed by atoms with Crippen molar-refractivity contribution < 1.29 is 12.8 Å². The van der Waals surface area contributed by atoms with Crippen molar-refractivity contribution in [3.8, 4) is 11.3 Å². The molecule has 6 rings (SSSR count). The lowest BCUT2D eigenvalue weighted by Crippen LogP contribution is -2.35. The Kier molecular flexibility index (Phi) is 8.11. The van der Waals surface area contributed by atoms with Crippen molar-refractivity contribution in [3.63, 3.8) is 0 Å². The van der Waals surface area contributed by atoms with Gasteiger partial charge in [0.05, 0.1) is 27.2 Å². The number of benzene rings is 2. The Morgan fingerprint density at radius 2 is 1.66 bits per heavy atom. The maximum atomic E-state index is 13.6. The van der Waals surface area contributed by atoms with Crippen LogP contribution in [0.1, 0.15) is 42.2 Å². The van der Waals surface area contributed by atoms with Crippen LogP contribution in [-0.4, -0.2) is 36.5 Å². The summed E-state index contributed by atoms with van der Waals surface area (Å²) in [5.74, 6) is -0.269. The summed E-state index contributed by atoms with van der Waals surface area (Å²) in [5.41, 5.74) is 3.56. The second kappa shape index (κ2) is 11.4. The minimum Gasteiger partial charge on any atom is -0.231 e. The Hall–Kier alpha value is -2.44. The van der Waals surface area contributed by atoms with Gasteiger partial charge in [0.25, 0.3) is 0 Å². The number of thiazole rings is 1. The van der Waals surface area contributed by atoms with E-state index in [2.05, 4.69) is 6.07 Å². The Morgan fingerprint density at radius 1 is 0.921 bits per heavy atom. The lowest BCUT2D eigenvalue weighted by atomic mass is 10.0. The van der Waals surface area contributed by atoms with Gasteiger partial charge in [-0.05, 0) is 54.1 Å². The lowest BCUT2D eigenvalue weighted by Gasteiger charge is -2.25. The van der Waals surface area contributed by atoms with Crippen LogP contribution in [0.3, 0.4) is 0 Å². The van der Waals surface area contributed by atoms with Crippen molar-refractivity contribution in [1.82, 2.24) is 9.29 Å². The van der Waals surface area contributed by atoms with Crippen molar-refractivity contribution in [2.24, 2.45) is 5.10 Å². The highest BCUT2D eigenvalue weighted by Crippen LogP contribution is 2.40. The quantitative estimate of drug-likeness (QED) is 0.227. The molecule has 11 heteroatoms. The topological polar surface area (TPSA) is 65.9 Å². The number of hydrogen-bond acceptors (Lipinski definition) is 7. The van der Waals surface area contributed by atoms with E-state index in [1.807, 2.05) is 34.0 Å². The van der Waals surface area contributed by atoms with Crippen LogP contribution in [0.25, 0.3) is 11.3 Å². The van der Waals surface area contributed by atoms with E-state index < -0.39 is 10.0 Å². The molecule has 2 aromatic heterocycles. The number of halogens is 2. The number of piperidine rings is 1. The van der Waals surface area contributed by atoms with Crippen LogP contribution in [0.5, 0.6) is 0 Å². The maximum Gasteiger partial charge on any atom is 0.243 e. The fourth-order valence-corrected chi connectivity index (χ4v) is 7.85. The Morgan fingerprint density at radius 3 is 2.34 bits per heavy atom. The molecule has 1 unspecified atom stereocenters. The van der Waals surface area contributed by atoms with Crippen molar-refractivity contribution >= 4 is 60.5 Å². The summed E-state index contributed by atoms with van der Waals surface area (Å²) in [6, 6.07) is 17.5. The summed E-state index contributed by atoms with van der Waals surface area (Å²) >= 11 is 3.13. The van der Waals surface area contributed by atoms with Gasteiger partial charge in [-0.1, -0.05) is 36.8 Å². The third-order valence-corrected chi connectivity index (χ3v) is 10.4. The van der Waals surface area contributed by atoms with Crippen LogP contribution in [0.15, 0.2) is 81.4 Å². The zero-order valence-corrected chi connectivity index (χ0v) is 24.5. The SMILES string of the molecule is Br.O=S(=O)(c1ccc(-c2csc(N3N=C(c4cccs4)CC3c3ccc(F)cc3)n2)cc1)N1CCCCC1. The second-order valence-electron chi connectivity index (χ2n) is 9.14. The molecule has 0 saturated carbocycles. The number of hydrogen-bond donors (Lipinski definition) is 0. The summed E-state index contributed by atoms with van der Waals surface area (Å²) in [6.45, 7) is 1.16. The minimum absolute atomic E-state index is 0. The van der Waals surface area contributed by atoms with E-state index in [1.165, 1.54) is 23.5 Å². The molecule has 0 bridgehead atoms. The molecule has 4 aromatic rings. The second-order valence-corrected chi connectivity index (χ2v) is 12.9. The maximum absolute atomic E-state index is 13.6. The summed E-state index contributed by atoms with van der Waals surface area (Å²) < 4.78 is 41.2. The largest absolute Gasteiger partial charge is 0.243 e. The number of hydrazone groups is 1. The van der Waals surface area contributed by atoms with Crippen LogP contribution in [0, 0.1) is 5.82 Å². The van der Waals surface area contributed by atoms with Gasteiger partial charge in [0, 0.05) is 30.5 Å². The first-order valence-corrected chi connectivity index (χ1v) is 15.4. The van der Waals surface area contributed by atoms with Crippen LogP contribution in [0.4, 0.5) is 9.52 Å². The van der Waals surface area contributed by atoms with Crippen molar-refractivity contribution in [2.45, 2.75) is 36.6 Å². The van der Waals surface area contributed by atoms with Gasteiger partial charge >= 0.3 is 0 Å². The molecule has 4 heterocycles. The summed E-state index contributed by atoms with van der Waals surface area (Å²) in [6.07, 6.45) is 3.59. The van der Waals surface area contributed by atoms with Gasteiger partial charge in [-0.25, -0.2) is 22.8 Å². The highest BCUT2D eigenvalue weighted by Gasteiger charge is 2.32. The van der Waals surface area contributed by atoms with Crippen LogP contribution in [0.2, 0.25) is 0 Å². The van der Waals surface area contributed by atoms with Crippen LogP contribution in [-0.2, 0) is 10.0 Å². The average molecular weight is 634 g/mol. The average Bonchev–Trinajstić information content (AvgIpc) is 3.70. The third kappa shape index (κ3) is 5.35. The Labute approximate surface area is 240 Å². The van der Waals surface area contributed by atoms with Gasteiger partial charge in [0.15, 0.2) is 0 Å². The molecule has 6 nitrogen and oxygen atoms in total. The molecule has 0 spiro atoms. The molecule has 2 aromatic carbocycles. The molecule has 1 saturated heterocycles. The molecule has 2 aliphatic heterocycles. The standard InChI is InChI=1S/C27H25FN4O2S3.BrH/c28-21-10-6-20(7-11-21)25-17-23(26-5-4-16-35-26)30-32(25)27-29-24(18-36-27)19-8-12-22(13-9-19)37(33,34)31-14-2-1-3-15-31;/h4-13,16,18,25H,1-3,14-15,17H2;1H. The predicted molar refractivity (Wildman–Crippen MR) is 158 cm³/mol. The van der Waals surface area contributed by atoms with Crippen molar-refractivity contribution in [3.05, 3.63) is 87.7 Å². The molecule has 0 aliphatic carbocycles. The zero-order chi connectivity index (χ0) is 25.4. The summed E-state index contributed by atoms with van der Waals surface area (Å²) in [5, 5.41) is 11.6. The molecule has 0 N–H and O–H groups in total. The number of nitrogens with zero attached hydrogens (tertiary/aromatic N) is 4. The van der Waals surface area contributed by atoms with Gasteiger partial charge < -0.3 is 0 Å². The molecule has 2 aliphatic rings. The van der Waals surface area contributed by atoms with Gasteiger partial charge in [0.1, 0.15) is 5.82 Å². The molecule has 1 atom stereocenters. The molecule has 198 valence electrons. The number of thiophene rings is 1. The van der Waals surface area contributed by atoms with E-state index in [9.17, 15) is 12.8 Å². The Balaban J connectivity index is 0.00000294. The minimum atomic E-state index is -3.47. The number of aromatic nitrogens is 1. The normalized spacial score (nSPS) is 18.3. The zero-order valence-electron chi connectivity index (χ0n) is 20.4. The van der Waals surface area contributed by atoms with E-state index in [0.717, 1.165) is 51.8 Å². The third-order valence-electron chi connectivity index (χ3n) is 6.76.